The summed E-state index contributed by atoms with van der Waals surface area (Å²) in [5.74, 6) is 1.16. The molecule has 2 heterocycles. The number of thiazole rings is 1. The van der Waals surface area contributed by atoms with Crippen LogP contribution in [0.3, 0.4) is 0 Å². The lowest BCUT2D eigenvalue weighted by Gasteiger charge is -2.10. The fourth-order valence-electron chi connectivity index (χ4n) is 3.10. The van der Waals surface area contributed by atoms with E-state index in [9.17, 15) is 9.59 Å². The zero-order chi connectivity index (χ0) is 22.7. The molecule has 0 spiro atoms. The van der Waals surface area contributed by atoms with Gasteiger partial charge in [0.2, 0.25) is 0 Å². The van der Waals surface area contributed by atoms with E-state index in [-0.39, 0.29) is 12.5 Å². The smallest absolute Gasteiger partial charge is 0.344 e. The fraction of sp³-hybridized carbons (Fsp3) is 0.174. The Morgan fingerprint density at radius 3 is 2.62 bits per heavy atom. The molecule has 0 saturated heterocycles. The van der Waals surface area contributed by atoms with Gasteiger partial charge in [0.1, 0.15) is 11.3 Å². The number of hydrogen-bond donors (Lipinski definition) is 1. The third-order valence-electron chi connectivity index (χ3n) is 4.64. The summed E-state index contributed by atoms with van der Waals surface area (Å²) in [5, 5.41) is 3.90. The Morgan fingerprint density at radius 1 is 1.09 bits per heavy atom. The first-order chi connectivity index (χ1) is 15.5. The number of aryl methyl sites for hydroxylation is 1. The van der Waals surface area contributed by atoms with Gasteiger partial charge in [-0.2, -0.15) is 0 Å². The van der Waals surface area contributed by atoms with Gasteiger partial charge in [0.05, 0.1) is 19.8 Å². The second kappa shape index (κ2) is 9.11. The van der Waals surface area contributed by atoms with Gasteiger partial charge in [0.15, 0.2) is 23.2 Å². The summed E-state index contributed by atoms with van der Waals surface area (Å²) < 4.78 is 21.6. The number of carbonyl (C=O) groups excluding carboxylic acids is 1. The van der Waals surface area contributed by atoms with Gasteiger partial charge in [-0.1, -0.05) is 6.07 Å². The molecule has 0 aliphatic carbocycles. The Labute approximate surface area is 187 Å². The summed E-state index contributed by atoms with van der Waals surface area (Å²) in [5.41, 5.74) is 0.893. The Balaban J connectivity index is 1.53. The maximum absolute atomic E-state index is 12.6. The van der Waals surface area contributed by atoms with Gasteiger partial charge in [0, 0.05) is 22.5 Å². The van der Waals surface area contributed by atoms with E-state index in [0.717, 1.165) is 4.88 Å². The average molecular weight is 452 g/mol. The van der Waals surface area contributed by atoms with Crippen LogP contribution in [0, 0.1) is 6.92 Å². The van der Waals surface area contributed by atoms with Crippen molar-refractivity contribution in [2.24, 2.45) is 0 Å². The molecule has 0 bridgehead atoms. The van der Waals surface area contributed by atoms with Crippen LogP contribution in [0.4, 0.5) is 5.13 Å². The molecule has 2 aromatic carbocycles. The van der Waals surface area contributed by atoms with Crippen molar-refractivity contribution in [3.8, 4) is 28.4 Å². The number of amides is 1. The minimum absolute atomic E-state index is 0.196. The standard InChI is InChI=1S/C23H20N2O6S/c1-13-11-24-23(32-13)25-21(26)12-30-16-6-4-15-8-17(22(27)31-19(15)10-16)14-5-7-18(28-2)20(9-14)29-3/h4-11H,12H2,1-3H3,(H,24,25,26). The van der Waals surface area contributed by atoms with E-state index in [0.29, 0.717) is 44.5 Å². The number of fused-ring (bicyclic) bond motifs is 1. The molecule has 32 heavy (non-hydrogen) atoms. The van der Waals surface area contributed by atoms with Crippen LogP contribution in [-0.4, -0.2) is 31.7 Å². The summed E-state index contributed by atoms with van der Waals surface area (Å²) in [6, 6.07) is 12.0. The number of methoxy groups -OCH3 is 2. The molecule has 0 radical (unpaired) electrons. The van der Waals surface area contributed by atoms with Crippen molar-refractivity contribution in [1.29, 1.82) is 0 Å². The molecular formula is C23H20N2O6S. The zero-order valence-corrected chi connectivity index (χ0v) is 18.4. The lowest BCUT2D eigenvalue weighted by atomic mass is 10.1. The maximum Gasteiger partial charge on any atom is 0.344 e. The van der Waals surface area contributed by atoms with Crippen molar-refractivity contribution in [2.75, 3.05) is 26.1 Å². The van der Waals surface area contributed by atoms with Crippen LogP contribution in [0.2, 0.25) is 0 Å². The summed E-state index contributed by atoms with van der Waals surface area (Å²) in [7, 11) is 3.08. The topological polar surface area (TPSA) is 99.9 Å². The van der Waals surface area contributed by atoms with E-state index in [4.69, 9.17) is 18.6 Å². The Morgan fingerprint density at radius 2 is 1.91 bits per heavy atom. The van der Waals surface area contributed by atoms with Gasteiger partial charge in [-0.05, 0) is 42.8 Å². The van der Waals surface area contributed by atoms with Crippen LogP contribution in [0.25, 0.3) is 22.1 Å². The van der Waals surface area contributed by atoms with E-state index in [1.807, 2.05) is 6.92 Å². The first-order valence-corrected chi connectivity index (χ1v) is 10.4. The van der Waals surface area contributed by atoms with E-state index in [2.05, 4.69) is 10.3 Å². The molecule has 4 rings (SSSR count). The van der Waals surface area contributed by atoms with Crippen LogP contribution < -0.4 is 25.2 Å². The first kappa shape index (κ1) is 21.4. The molecule has 0 unspecified atom stereocenters. The van der Waals surface area contributed by atoms with Crippen molar-refractivity contribution >= 4 is 33.3 Å². The highest BCUT2D eigenvalue weighted by molar-refractivity contribution is 7.15. The molecule has 0 fully saturated rings. The average Bonchev–Trinajstić information content (AvgIpc) is 3.20. The van der Waals surface area contributed by atoms with Gasteiger partial charge in [0.25, 0.3) is 5.91 Å². The van der Waals surface area contributed by atoms with E-state index in [1.54, 1.807) is 55.8 Å². The fourth-order valence-corrected chi connectivity index (χ4v) is 3.78. The molecule has 0 atom stereocenters. The highest BCUT2D eigenvalue weighted by Gasteiger charge is 2.13. The number of nitrogens with one attached hydrogen (secondary N) is 1. The van der Waals surface area contributed by atoms with Gasteiger partial charge >= 0.3 is 5.63 Å². The van der Waals surface area contributed by atoms with E-state index in [1.165, 1.54) is 18.4 Å². The largest absolute Gasteiger partial charge is 0.493 e. The summed E-state index contributed by atoms with van der Waals surface area (Å²) >= 11 is 1.38. The van der Waals surface area contributed by atoms with Crippen molar-refractivity contribution in [3.05, 3.63) is 64.0 Å². The minimum Gasteiger partial charge on any atom is -0.493 e. The normalized spacial score (nSPS) is 10.7. The van der Waals surface area contributed by atoms with Crippen LogP contribution in [0.15, 0.2) is 57.9 Å². The third-order valence-corrected chi connectivity index (χ3v) is 5.47. The maximum atomic E-state index is 12.6. The molecular weight excluding hydrogens is 432 g/mol. The van der Waals surface area contributed by atoms with Crippen molar-refractivity contribution in [2.45, 2.75) is 6.92 Å². The Kier molecular flexibility index (Phi) is 6.09. The lowest BCUT2D eigenvalue weighted by molar-refractivity contribution is -0.118. The number of hydrogen-bond acceptors (Lipinski definition) is 8. The summed E-state index contributed by atoms with van der Waals surface area (Å²) in [6.45, 7) is 1.71. The monoisotopic (exact) mass is 452 g/mol. The predicted molar refractivity (Wildman–Crippen MR) is 122 cm³/mol. The lowest BCUT2D eigenvalue weighted by Crippen LogP contribution is -2.20. The predicted octanol–water partition coefficient (Wildman–Crippen LogP) is 4.26. The molecule has 0 aliphatic heterocycles. The molecule has 0 aliphatic rings. The number of carbonyl (C=O) groups is 1. The van der Waals surface area contributed by atoms with E-state index < -0.39 is 5.63 Å². The zero-order valence-electron chi connectivity index (χ0n) is 17.6. The van der Waals surface area contributed by atoms with Gasteiger partial charge in [-0.3, -0.25) is 10.1 Å². The van der Waals surface area contributed by atoms with Gasteiger partial charge < -0.3 is 18.6 Å². The Bertz CT molecular complexity index is 1340. The molecule has 4 aromatic rings. The number of nitrogens with zero attached hydrogens (tertiary/aromatic N) is 1. The van der Waals surface area contributed by atoms with Crippen LogP contribution in [0.1, 0.15) is 4.88 Å². The second-order valence-electron chi connectivity index (χ2n) is 6.83. The first-order valence-electron chi connectivity index (χ1n) is 9.62. The van der Waals surface area contributed by atoms with Crippen LogP contribution in [0.5, 0.6) is 17.2 Å². The second-order valence-corrected chi connectivity index (χ2v) is 8.06. The number of aromatic nitrogens is 1. The van der Waals surface area contributed by atoms with Crippen LogP contribution in [-0.2, 0) is 4.79 Å². The van der Waals surface area contributed by atoms with Crippen molar-refractivity contribution in [1.82, 2.24) is 4.98 Å². The number of rotatable bonds is 7. The summed E-state index contributed by atoms with van der Waals surface area (Å²) in [6.07, 6.45) is 1.68. The highest BCUT2D eigenvalue weighted by Crippen LogP contribution is 2.32. The van der Waals surface area contributed by atoms with Gasteiger partial charge in [-0.25, -0.2) is 9.78 Å². The van der Waals surface area contributed by atoms with Crippen molar-refractivity contribution < 1.29 is 23.4 Å². The minimum atomic E-state index is -0.501. The molecule has 1 N–H and O–H groups in total. The molecule has 164 valence electrons. The highest BCUT2D eigenvalue weighted by atomic mass is 32.1. The number of benzene rings is 2. The summed E-state index contributed by atoms with van der Waals surface area (Å²) in [4.78, 5) is 29.8. The molecule has 2 aromatic heterocycles. The Hall–Kier alpha value is -3.85. The molecule has 9 heteroatoms. The van der Waals surface area contributed by atoms with Crippen molar-refractivity contribution in [3.63, 3.8) is 0 Å². The molecule has 0 saturated carbocycles. The third kappa shape index (κ3) is 4.57. The number of anilines is 1. The number of ether oxygens (including phenoxy) is 3. The van der Waals surface area contributed by atoms with Crippen LogP contribution >= 0.6 is 11.3 Å². The van der Waals surface area contributed by atoms with Gasteiger partial charge in [-0.15, -0.1) is 11.3 Å². The van der Waals surface area contributed by atoms with E-state index >= 15 is 0 Å². The molecule has 1 amide bonds. The SMILES string of the molecule is COc1ccc(-c2cc3ccc(OCC(=O)Nc4ncc(C)s4)cc3oc2=O)cc1OC. The quantitative estimate of drug-likeness (QED) is 0.418. The molecule has 8 nitrogen and oxygen atoms in total.